The molecule has 1 aliphatic heterocycles. The lowest BCUT2D eigenvalue weighted by molar-refractivity contribution is 0.0916. The molecule has 2 N–H and O–H groups in total. The number of nitrogens with zero attached hydrogens (tertiary/aromatic N) is 1. The normalized spacial score (nSPS) is 14.2. The molecule has 0 fully saturated rings. The second-order valence-corrected chi connectivity index (χ2v) is 13.1. The van der Waals surface area contributed by atoms with Crippen molar-refractivity contribution in [3.63, 3.8) is 0 Å². The van der Waals surface area contributed by atoms with Gasteiger partial charge in [-0.3, -0.25) is 4.79 Å². The summed E-state index contributed by atoms with van der Waals surface area (Å²) >= 11 is 0. The van der Waals surface area contributed by atoms with Gasteiger partial charge in [-0.2, -0.15) is 0 Å². The maximum Gasteiger partial charge on any atom is 0.251 e. The predicted molar refractivity (Wildman–Crippen MR) is 157 cm³/mol. The average molecular weight is 549 g/mol. The molecule has 0 aliphatic carbocycles. The van der Waals surface area contributed by atoms with Crippen molar-refractivity contribution < 1.29 is 18.3 Å². The van der Waals surface area contributed by atoms with Crippen LogP contribution in [0.4, 0.5) is 5.69 Å². The zero-order valence-electron chi connectivity index (χ0n) is 23.2. The highest BCUT2D eigenvalue weighted by atomic mass is 32.2. The highest BCUT2D eigenvalue weighted by molar-refractivity contribution is 7.91. The van der Waals surface area contributed by atoms with E-state index in [1.165, 1.54) is 40.9 Å². The van der Waals surface area contributed by atoms with Gasteiger partial charge in [0.1, 0.15) is 0 Å². The topological polar surface area (TPSA) is 86.7 Å². The number of carbonyl (C=O) groups excluding carboxylic acids is 1. The number of carbonyl (C=O) groups is 1. The number of benzene rings is 3. The van der Waals surface area contributed by atoms with E-state index in [4.69, 9.17) is 0 Å². The fourth-order valence-electron chi connectivity index (χ4n) is 5.16. The number of fused-ring (bicyclic) bond motifs is 1. The minimum atomic E-state index is -3.30. The molecule has 6 nitrogen and oxygen atoms in total. The molecule has 0 saturated carbocycles. The molecule has 39 heavy (non-hydrogen) atoms. The third-order valence-corrected chi connectivity index (χ3v) is 9.16. The highest BCUT2D eigenvalue weighted by Gasteiger charge is 2.19. The van der Waals surface area contributed by atoms with Crippen LogP contribution in [0.15, 0.2) is 71.6 Å². The molecule has 0 aromatic heterocycles. The van der Waals surface area contributed by atoms with Gasteiger partial charge in [-0.05, 0) is 84.2 Å². The largest absolute Gasteiger partial charge is 0.394 e. The van der Waals surface area contributed by atoms with Crippen LogP contribution < -0.4 is 10.2 Å². The van der Waals surface area contributed by atoms with E-state index in [1.54, 1.807) is 19.1 Å². The third kappa shape index (κ3) is 7.28. The van der Waals surface area contributed by atoms with Crippen molar-refractivity contribution in [1.82, 2.24) is 5.32 Å². The lowest BCUT2D eigenvalue weighted by atomic mass is 9.95. The molecule has 1 amide bonds. The Morgan fingerprint density at radius 3 is 2.33 bits per heavy atom. The molecular weight excluding hydrogens is 508 g/mol. The summed E-state index contributed by atoms with van der Waals surface area (Å²) in [5, 5.41) is 12.7. The van der Waals surface area contributed by atoms with E-state index in [2.05, 4.69) is 42.3 Å². The number of rotatable bonds is 11. The van der Waals surface area contributed by atoms with E-state index in [0.29, 0.717) is 17.0 Å². The Bertz CT molecular complexity index is 1370. The van der Waals surface area contributed by atoms with Crippen molar-refractivity contribution in [3.8, 4) is 0 Å². The predicted octanol–water partition coefficient (Wildman–Crippen LogP) is 5.14. The van der Waals surface area contributed by atoms with Gasteiger partial charge in [-0.25, -0.2) is 8.42 Å². The highest BCUT2D eigenvalue weighted by Crippen LogP contribution is 2.29. The fraction of sp³-hybridized carbons (Fsp3) is 0.406. The maximum absolute atomic E-state index is 12.9. The maximum atomic E-state index is 12.9. The quantitative estimate of drug-likeness (QED) is 0.347. The van der Waals surface area contributed by atoms with Crippen LogP contribution in [0.5, 0.6) is 0 Å². The second-order valence-electron chi connectivity index (χ2n) is 10.8. The Kier molecular flexibility index (Phi) is 9.46. The third-order valence-electron chi connectivity index (χ3n) is 7.40. The number of anilines is 1. The van der Waals surface area contributed by atoms with E-state index in [9.17, 15) is 18.3 Å². The van der Waals surface area contributed by atoms with Crippen LogP contribution in [0.3, 0.4) is 0 Å². The number of hydrogen-bond acceptors (Lipinski definition) is 5. The van der Waals surface area contributed by atoms with E-state index >= 15 is 0 Å². The van der Waals surface area contributed by atoms with Gasteiger partial charge >= 0.3 is 0 Å². The number of sulfone groups is 1. The van der Waals surface area contributed by atoms with Crippen LogP contribution in [-0.4, -0.2) is 44.9 Å². The van der Waals surface area contributed by atoms with Gasteiger partial charge in [0.2, 0.25) is 0 Å². The Morgan fingerprint density at radius 1 is 1.00 bits per heavy atom. The molecule has 0 bridgehead atoms. The van der Waals surface area contributed by atoms with Crippen LogP contribution in [0.1, 0.15) is 65.8 Å². The first-order valence-corrected chi connectivity index (χ1v) is 15.6. The molecule has 208 valence electrons. The molecule has 0 saturated heterocycles. The van der Waals surface area contributed by atoms with Gasteiger partial charge in [0.05, 0.1) is 23.3 Å². The molecule has 0 radical (unpaired) electrons. The molecule has 4 rings (SSSR count). The summed E-state index contributed by atoms with van der Waals surface area (Å²) in [6.07, 6.45) is 4.28. The Balaban J connectivity index is 1.37. The Hall–Kier alpha value is -3.16. The van der Waals surface area contributed by atoms with Crippen LogP contribution >= 0.6 is 0 Å². The van der Waals surface area contributed by atoms with Gasteiger partial charge < -0.3 is 15.3 Å². The smallest absolute Gasteiger partial charge is 0.251 e. The fourth-order valence-corrected chi connectivity index (χ4v) is 6.05. The molecular formula is C32H40N2O4S. The summed E-state index contributed by atoms with van der Waals surface area (Å²) in [7, 11) is -3.30. The van der Waals surface area contributed by atoms with E-state index in [-0.39, 0.29) is 23.2 Å². The van der Waals surface area contributed by atoms with Crippen molar-refractivity contribution in [3.05, 3.63) is 94.5 Å². The lowest BCUT2D eigenvalue weighted by Crippen LogP contribution is -2.31. The number of hydrogen-bond donors (Lipinski definition) is 2. The number of amides is 1. The first-order chi connectivity index (χ1) is 18.7. The zero-order chi connectivity index (χ0) is 28.0. The summed E-state index contributed by atoms with van der Waals surface area (Å²) in [6.45, 7) is 7.81. The van der Waals surface area contributed by atoms with Crippen LogP contribution in [0.25, 0.3) is 0 Å². The number of aliphatic hydroxyl groups excluding tert-OH is 1. The van der Waals surface area contributed by atoms with Gasteiger partial charge in [0.25, 0.3) is 5.91 Å². The van der Waals surface area contributed by atoms with Gasteiger partial charge in [0, 0.05) is 24.3 Å². The first kappa shape index (κ1) is 28.8. The molecule has 7 heteroatoms. The average Bonchev–Trinajstić information content (AvgIpc) is 2.94. The summed E-state index contributed by atoms with van der Waals surface area (Å²) < 4.78 is 24.1. The van der Waals surface area contributed by atoms with E-state index < -0.39 is 15.9 Å². The van der Waals surface area contributed by atoms with Crippen LogP contribution in [0, 0.1) is 5.92 Å². The number of nitrogens with one attached hydrogen (secondary N) is 1. The summed E-state index contributed by atoms with van der Waals surface area (Å²) in [6, 6.07) is 20.3. The van der Waals surface area contributed by atoms with Crippen molar-refractivity contribution in [2.24, 2.45) is 5.92 Å². The molecule has 3 aromatic rings. The monoisotopic (exact) mass is 548 g/mol. The van der Waals surface area contributed by atoms with Crippen LogP contribution in [0.2, 0.25) is 0 Å². The van der Waals surface area contributed by atoms with Gasteiger partial charge in [0.15, 0.2) is 9.84 Å². The van der Waals surface area contributed by atoms with E-state index in [0.717, 1.165) is 32.4 Å². The molecule has 3 aromatic carbocycles. The summed E-state index contributed by atoms with van der Waals surface area (Å²) in [5.74, 6) is 0.370. The van der Waals surface area contributed by atoms with Gasteiger partial charge in [-0.1, -0.05) is 57.2 Å². The summed E-state index contributed by atoms with van der Waals surface area (Å²) in [5.41, 5.74) is 6.53. The zero-order valence-corrected chi connectivity index (χ0v) is 24.0. The standard InChI is InChI=1S/C32H40N2O4S/c1-4-39(37,38)29-15-13-26(14-16-29)30(22-35)33-32(36)28-11-7-24(8-12-28)17-19-34-18-5-6-27-10-9-25(20-23(2)3)21-31(27)34/h7-16,21,23,30,35H,4-6,17-20,22H2,1-3H3,(H,33,36). The van der Waals surface area contributed by atoms with Crippen molar-refractivity contribution in [1.29, 1.82) is 0 Å². The summed E-state index contributed by atoms with van der Waals surface area (Å²) in [4.78, 5) is 15.6. The molecule has 1 unspecified atom stereocenters. The molecule has 1 atom stereocenters. The first-order valence-electron chi connectivity index (χ1n) is 13.9. The molecule has 1 heterocycles. The SMILES string of the molecule is CCS(=O)(=O)c1ccc(C(CO)NC(=O)c2ccc(CCN3CCCc4ccc(CC(C)C)cc43)cc2)cc1. The Labute approximate surface area is 233 Å². The van der Waals surface area contributed by atoms with Crippen molar-refractivity contribution >= 4 is 21.4 Å². The Morgan fingerprint density at radius 2 is 1.69 bits per heavy atom. The van der Waals surface area contributed by atoms with E-state index in [1.807, 2.05) is 24.3 Å². The number of aliphatic hydroxyl groups is 1. The van der Waals surface area contributed by atoms with Crippen molar-refractivity contribution in [2.75, 3.05) is 30.3 Å². The van der Waals surface area contributed by atoms with Crippen LogP contribution in [-0.2, 0) is 29.1 Å². The lowest BCUT2D eigenvalue weighted by Gasteiger charge is -2.32. The van der Waals surface area contributed by atoms with Crippen molar-refractivity contribution in [2.45, 2.75) is 57.4 Å². The second kappa shape index (κ2) is 12.8. The minimum Gasteiger partial charge on any atom is -0.394 e. The van der Waals surface area contributed by atoms with Gasteiger partial charge in [-0.15, -0.1) is 0 Å². The minimum absolute atomic E-state index is 0.0209. The molecule has 0 spiro atoms. The number of aryl methyl sites for hydroxylation is 1. The molecule has 1 aliphatic rings.